The van der Waals surface area contributed by atoms with Crippen LogP contribution in [0.4, 0.5) is 5.95 Å². The monoisotopic (exact) mass is 323 g/mol. The maximum absolute atomic E-state index is 11.4. The van der Waals surface area contributed by atoms with Crippen LogP contribution in [0.5, 0.6) is 0 Å². The van der Waals surface area contributed by atoms with Gasteiger partial charge in [0.1, 0.15) is 0 Å². The molecule has 0 radical (unpaired) electrons. The average molecular weight is 324 g/mol. The molecule has 1 aromatic carbocycles. The molecule has 0 bridgehead atoms. The maximum atomic E-state index is 11.4. The van der Waals surface area contributed by atoms with Crippen LogP contribution in [0.1, 0.15) is 26.3 Å². The highest BCUT2D eigenvalue weighted by Gasteiger charge is 2.14. The van der Waals surface area contributed by atoms with Gasteiger partial charge in [0.2, 0.25) is 11.9 Å². The molecular weight excluding hydrogens is 302 g/mol. The third kappa shape index (κ3) is 4.54. The van der Waals surface area contributed by atoms with Crippen LogP contribution in [0.25, 0.3) is 11.4 Å². The first kappa shape index (κ1) is 18.1. The molecule has 2 aromatic rings. The van der Waals surface area contributed by atoms with Crippen molar-refractivity contribution >= 4 is 24.3 Å². The van der Waals surface area contributed by atoms with E-state index in [1.807, 2.05) is 12.1 Å². The van der Waals surface area contributed by atoms with Gasteiger partial charge in [-0.3, -0.25) is 15.2 Å². The lowest BCUT2D eigenvalue weighted by Crippen LogP contribution is -2.25. The van der Waals surface area contributed by atoms with Gasteiger partial charge in [-0.1, -0.05) is 45.0 Å². The van der Waals surface area contributed by atoms with Gasteiger partial charge in [-0.15, -0.1) is 17.5 Å². The maximum Gasteiger partial charge on any atom is 0.249 e. The lowest BCUT2D eigenvalue weighted by Gasteiger charge is -2.18. The summed E-state index contributed by atoms with van der Waals surface area (Å²) in [6, 6.07) is 8.16. The molecule has 3 N–H and O–H groups in total. The molecule has 0 aliphatic carbocycles. The highest BCUT2D eigenvalue weighted by atomic mass is 35.5. The number of nitrogens with zero attached hydrogens (tertiary/aromatic N) is 2. The molecule has 7 heteroatoms. The highest BCUT2D eigenvalue weighted by molar-refractivity contribution is 5.90. The van der Waals surface area contributed by atoms with Gasteiger partial charge in [0.05, 0.1) is 6.54 Å². The van der Waals surface area contributed by atoms with Gasteiger partial charge in [0, 0.05) is 5.56 Å². The fourth-order valence-electron chi connectivity index (χ4n) is 1.90. The molecule has 1 aromatic heterocycles. The quantitative estimate of drug-likeness (QED) is 0.806. The second-order valence-corrected chi connectivity index (χ2v) is 5.91. The molecule has 1 amide bonds. The Morgan fingerprint density at radius 1 is 1.23 bits per heavy atom. The second kappa shape index (κ2) is 7.38. The van der Waals surface area contributed by atoms with Crippen LogP contribution < -0.4 is 10.6 Å². The molecule has 1 heterocycles. The summed E-state index contributed by atoms with van der Waals surface area (Å²) in [5, 5.41) is 12.2. The Kier molecular flexibility index (Phi) is 6.08. The van der Waals surface area contributed by atoms with E-state index in [4.69, 9.17) is 0 Å². The summed E-state index contributed by atoms with van der Waals surface area (Å²) in [6.45, 7) is 6.74. The summed E-state index contributed by atoms with van der Waals surface area (Å²) in [5.74, 6) is 0.742. The van der Waals surface area contributed by atoms with Crippen LogP contribution in [0.3, 0.4) is 0 Å². The van der Waals surface area contributed by atoms with E-state index in [0.29, 0.717) is 5.82 Å². The van der Waals surface area contributed by atoms with Gasteiger partial charge in [-0.25, -0.2) is 0 Å². The Hall–Kier alpha value is -1.92. The van der Waals surface area contributed by atoms with Crippen molar-refractivity contribution in [2.24, 2.45) is 0 Å². The van der Waals surface area contributed by atoms with E-state index in [1.54, 1.807) is 7.05 Å². The number of benzene rings is 1. The molecule has 0 aliphatic heterocycles. The fraction of sp³-hybridized carbons (Fsp3) is 0.400. The standard InChI is InChI=1S/C15H21N5O.ClH/c1-15(2,3)11-7-5-10(6-8-11)13-18-14(20-19-13)17-12(21)9-16-4;/h5-8,16H,9H2,1-4H3,(H2,17,18,19,20,21);1H. The first-order valence-electron chi connectivity index (χ1n) is 6.88. The second-order valence-electron chi connectivity index (χ2n) is 5.91. The zero-order valence-corrected chi connectivity index (χ0v) is 14.0. The molecule has 0 spiro atoms. The first-order valence-corrected chi connectivity index (χ1v) is 6.88. The number of rotatable bonds is 4. The molecule has 120 valence electrons. The zero-order valence-electron chi connectivity index (χ0n) is 13.2. The number of hydrogen-bond donors (Lipinski definition) is 3. The number of H-pyrrole nitrogens is 1. The summed E-state index contributed by atoms with van der Waals surface area (Å²) < 4.78 is 0. The average Bonchev–Trinajstić information content (AvgIpc) is 2.86. The Balaban J connectivity index is 0.00000242. The van der Waals surface area contributed by atoms with E-state index in [2.05, 4.69) is 58.7 Å². The number of likely N-dealkylation sites (N-methyl/N-ethyl adjacent to an activating group) is 1. The number of carbonyl (C=O) groups excluding carboxylic acids is 1. The van der Waals surface area contributed by atoms with Crippen LogP contribution in [0.2, 0.25) is 0 Å². The fourth-order valence-corrected chi connectivity index (χ4v) is 1.90. The first-order chi connectivity index (χ1) is 9.90. The van der Waals surface area contributed by atoms with Crippen molar-refractivity contribution in [2.45, 2.75) is 26.2 Å². The number of aromatic nitrogens is 3. The number of anilines is 1. The number of nitrogens with one attached hydrogen (secondary N) is 3. The molecule has 0 saturated carbocycles. The van der Waals surface area contributed by atoms with E-state index in [1.165, 1.54) is 5.56 Å². The van der Waals surface area contributed by atoms with Gasteiger partial charge in [-0.2, -0.15) is 4.98 Å². The normalized spacial score (nSPS) is 10.9. The van der Waals surface area contributed by atoms with Gasteiger partial charge >= 0.3 is 0 Å². The highest BCUT2D eigenvalue weighted by Crippen LogP contribution is 2.24. The lowest BCUT2D eigenvalue weighted by molar-refractivity contribution is -0.115. The molecule has 6 nitrogen and oxygen atoms in total. The number of carbonyl (C=O) groups is 1. The van der Waals surface area contributed by atoms with E-state index in [9.17, 15) is 4.79 Å². The van der Waals surface area contributed by atoms with Crippen molar-refractivity contribution in [2.75, 3.05) is 18.9 Å². The minimum absolute atomic E-state index is 0. The third-order valence-corrected chi connectivity index (χ3v) is 3.10. The summed E-state index contributed by atoms with van der Waals surface area (Å²) in [7, 11) is 1.71. The van der Waals surface area contributed by atoms with Crippen molar-refractivity contribution in [3.8, 4) is 11.4 Å². The molecule has 0 aliphatic rings. The predicted molar refractivity (Wildman–Crippen MR) is 90.3 cm³/mol. The molecule has 0 atom stereocenters. The number of aromatic amines is 1. The SMILES string of the molecule is CNCC(=O)Nc1n[nH]c(-c2ccc(C(C)(C)C)cc2)n1.Cl. The molecule has 0 fully saturated rings. The smallest absolute Gasteiger partial charge is 0.249 e. The van der Waals surface area contributed by atoms with Crippen molar-refractivity contribution in [1.82, 2.24) is 20.5 Å². The van der Waals surface area contributed by atoms with Crippen LogP contribution in [-0.4, -0.2) is 34.7 Å². The largest absolute Gasteiger partial charge is 0.311 e. The Labute approximate surface area is 136 Å². The third-order valence-electron chi connectivity index (χ3n) is 3.10. The van der Waals surface area contributed by atoms with Crippen LogP contribution in [0, 0.1) is 0 Å². The summed E-state index contributed by atoms with van der Waals surface area (Å²) >= 11 is 0. The number of hydrogen-bond acceptors (Lipinski definition) is 4. The Bertz CT molecular complexity index is 616. The number of amides is 1. The summed E-state index contributed by atoms with van der Waals surface area (Å²) in [5.41, 5.74) is 2.31. The number of halogens is 1. The van der Waals surface area contributed by atoms with E-state index in [-0.39, 0.29) is 36.2 Å². The Morgan fingerprint density at radius 3 is 2.41 bits per heavy atom. The summed E-state index contributed by atoms with van der Waals surface area (Å²) in [4.78, 5) is 15.7. The van der Waals surface area contributed by atoms with Gasteiger partial charge < -0.3 is 5.32 Å². The zero-order chi connectivity index (χ0) is 15.5. The lowest BCUT2D eigenvalue weighted by atomic mass is 9.87. The minimum Gasteiger partial charge on any atom is -0.311 e. The molecule has 0 unspecified atom stereocenters. The van der Waals surface area contributed by atoms with Crippen molar-refractivity contribution in [3.63, 3.8) is 0 Å². The van der Waals surface area contributed by atoms with E-state index >= 15 is 0 Å². The molecule has 2 rings (SSSR count). The van der Waals surface area contributed by atoms with Crippen molar-refractivity contribution in [1.29, 1.82) is 0 Å². The molecule has 0 saturated heterocycles. The van der Waals surface area contributed by atoms with Gasteiger partial charge in [0.25, 0.3) is 0 Å². The molecule has 22 heavy (non-hydrogen) atoms. The predicted octanol–water partition coefficient (Wildman–Crippen LogP) is 2.35. The summed E-state index contributed by atoms with van der Waals surface area (Å²) in [6.07, 6.45) is 0. The van der Waals surface area contributed by atoms with E-state index in [0.717, 1.165) is 5.56 Å². The van der Waals surface area contributed by atoms with Crippen LogP contribution >= 0.6 is 12.4 Å². The van der Waals surface area contributed by atoms with E-state index < -0.39 is 0 Å². The topological polar surface area (TPSA) is 82.7 Å². The van der Waals surface area contributed by atoms with Gasteiger partial charge in [-0.05, 0) is 18.0 Å². The molecular formula is C15H22ClN5O. The van der Waals surface area contributed by atoms with Crippen LogP contribution in [0.15, 0.2) is 24.3 Å². The van der Waals surface area contributed by atoms with Crippen molar-refractivity contribution in [3.05, 3.63) is 29.8 Å². The van der Waals surface area contributed by atoms with Crippen LogP contribution in [-0.2, 0) is 10.2 Å². The van der Waals surface area contributed by atoms with Crippen molar-refractivity contribution < 1.29 is 4.79 Å². The Morgan fingerprint density at radius 2 is 1.86 bits per heavy atom. The minimum atomic E-state index is -0.175. The van der Waals surface area contributed by atoms with Gasteiger partial charge in [0.15, 0.2) is 5.82 Å².